The highest BCUT2D eigenvalue weighted by molar-refractivity contribution is 6.32. The van der Waals surface area contributed by atoms with Gasteiger partial charge in [0.1, 0.15) is 7.85 Å². The molecule has 0 heterocycles. The first-order valence-corrected chi connectivity index (χ1v) is 3.86. The predicted octanol–water partition coefficient (Wildman–Crippen LogP) is 0.319. The molecule has 0 N–H and O–H groups in total. The van der Waals surface area contributed by atoms with Crippen LogP contribution >= 0.6 is 0 Å². The van der Waals surface area contributed by atoms with Gasteiger partial charge in [-0.3, -0.25) is 0 Å². The maximum Gasteiger partial charge on any atom is 0.139 e. The van der Waals surface area contributed by atoms with E-state index in [9.17, 15) is 0 Å². The summed E-state index contributed by atoms with van der Waals surface area (Å²) in [7, 11) is 6.25. The highest BCUT2D eigenvalue weighted by Gasteiger charge is 1.98. The van der Waals surface area contributed by atoms with Crippen molar-refractivity contribution in [2.45, 2.75) is 6.92 Å². The fourth-order valence-electron chi connectivity index (χ4n) is 1.31. The Balaban J connectivity index is 3.09. The molecule has 0 fully saturated rings. The van der Waals surface area contributed by atoms with Gasteiger partial charge in [-0.2, -0.15) is 0 Å². The number of aryl methyl sites for hydroxylation is 1. The van der Waals surface area contributed by atoms with Crippen LogP contribution < -0.4 is 10.4 Å². The molecule has 0 saturated heterocycles. The van der Waals surface area contributed by atoms with Crippen LogP contribution in [0.2, 0.25) is 0 Å². The summed E-state index contributed by atoms with van der Waals surface area (Å²) >= 11 is 0. The van der Waals surface area contributed by atoms with Crippen molar-refractivity contribution in [2.24, 2.45) is 0 Å². The van der Waals surface area contributed by atoms with Crippen molar-refractivity contribution >= 4 is 19.0 Å². The normalized spacial score (nSPS) is 9.73. The van der Waals surface area contributed by atoms with Crippen LogP contribution in [0.25, 0.3) is 0 Å². The second-order valence-corrected chi connectivity index (χ2v) is 3.18. The third-order valence-corrected chi connectivity index (χ3v) is 1.83. The molecule has 0 unspecified atom stereocenters. The second-order valence-electron chi connectivity index (χ2n) is 3.18. The van der Waals surface area contributed by atoms with Crippen molar-refractivity contribution in [3.63, 3.8) is 0 Å². The predicted molar refractivity (Wildman–Crippen MR) is 53.7 cm³/mol. The van der Waals surface area contributed by atoms with Crippen LogP contribution in [0.4, 0.5) is 5.69 Å². The topological polar surface area (TPSA) is 3.24 Å². The minimum absolute atomic E-state index is 1.30. The van der Waals surface area contributed by atoms with Crippen LogP contribution in [-0.4, -0.2) is 21.9 Å². The van der Waals surface area contributed by atoms with Crippen LogP contribution in [0.3, 0.4) is 0 Å². The fourth-order valence-corrected chi connectivity index (χ4v) is 1.31. The molecule has 1 rings (SSSR count). The molecular weight excluding hydrogens is 133 g/mol. The summed E-state index contributed by atoms with van der Waals surface area (Å²) in [6.45, 7) is 2.14. The Morgan fingerprint density at radius 1 is 1.27 bits per heavy atom. The average molecular weight is 147 g/mol. The van der Waals surface area contributed by atoms with E-state index >= 15 is 0 Å². The lowest BCUT2D eigenvalue weighted by Crippen LogP contribution is -2.12. The van der Waals surface area contributed by atoms with E-state index in [1.54, 1.807) is 0 Å². The van der Waals surface area contributed by atoms with Gasteiger partial charge in [-0.05, 0) is 18.6 Å². The lowest BCUT2D eigenvalue weighted by atomic mass is 9.94. The lowest BCUT2D eigenvalue weighted by molar-refractivity contribution is 1.12. The molecular formula is C9H14BN. The van der Waals surface area contributed by atoms with E-state index in [1.165, 1.54) is 16.7 Å². The van der Waals surface area contributed by atoms with E-state index in [1.807, 2.05) is 0 Å². The quantitative estimate of drug-likeness (QED) is 0.517. The third-order valence-electron chi connectivity index (χ3n) is 1.83. The second kappa shape index (κ2) is 2.99. The lowest BCUT2D eigenvalue weighted by Gasteiger charge is -2.15. The first kappa shape index (κ1) is 8.18. The average Bonchev–Trinajstić information content (AvgIpc) is 1.85. The number of rotatable bonds is 1. The molecule has 1 nitrogen and oxygen atoms in total. The van der Waals surface area contributed by atoms with Crippen LogP contribution in [0, 0.1) is 6.92 Å². The monoisotopic (exact) mass is 147 g/mol. The molecule has 0 spiro atoms. The summed E-state index contributed by atoms with van der Waals surface area (Å²) in [5.41, 5.74) is 3.97. The van der Waals surface area contributed by atoms with Crippen molar-refractivity contribution in [1.29, 1.82) is 0 Å². The molecule has 0 aliphatic carbocycles. The highest BCUT2D eigenvalue weighted by Crippen LogP contribution is 2.14. The van der Waals surface area contributed by atoms with Crippen molar-refractivity contribution < 1.29 is 0 Å². The number of nitrogens with zero attached hydrogens (tertiary/aromatic N) is 1. The van der Waals surface area contributed by atoms with Crippen LogP contribution in [0.5, 0.6) is 0 Å². The third kappa shape index (κ3) is 1.76. The maximum atomic E-state index is 2.20. The fraction of sp³-hybridized carbons (Fsp3) is 0.333. The summed E-state index contributed by atoms with van der Waals surface area (Å²) in [5.74, 6) is 0. The van der Waals surface area contributed by atoms with Gasteiger partial charge in [0.25, 0.3) is 0 Å². The Morgan fingerprint density at radius 3 is 2.36 bits per heavy atom. The zero-order valence-corrected chi connectivity index (χ0v) is 7.68. The van der Waals surface area contributed by atoms with Gasteiger partial charge in [-0.1, -0.05) is 17.6 Å². The molecule has 2 heteroatoms. The number of anilines is 1. The van der Waals surface area contributed by atoms with Crippen LogP contribution in [0.15, 0.2) is 18.2 Å². The molecule has 0 aromatic heterocycles. The van der Waals surface area contributed by atoms with Crippen LogP contribution in [0.1, 0.15) is 5.56 Å². The summed E-state index contributed by atoms with van der Waals surface area (Å²) in [5, 5.41) is 0. The molecule has 1 aromatic carbocycles. The van der Waals surface area contributed by atoms with E-state index in [2.05, 4.69) is 52.0 Å². The number of hydrogen-bond acceptors (Lipinski definition) is 1. The highest BCUT2D eigenvalue weighted by atomic mass is 15.1. The molecule has 0 amide bonds. The molecule has 0 aliphatic heterocycles. The summed E-state index contributed by atoms with van der Waals surface area (Å²) in [6, 6.07) is 6.50. The van der Waals surface area contributed by atoms with Gasteiger partial charge in [0, 0.05) is 19.8 Å². The maximum absolute atomic E-state index is 2.20. The van der Waals surface area contributed by atoms with Gasteiger partial charge in [-0.25, -0.2) is 0 Å². The Kier molecular flexibility index (Phi) is 2.23. The zero-order chi connectivity index (χ0) is 8.43. The van der Waals surface area contributed by atoms with E-state index in [0.717, 1.165) is 0 Å². The molecule has 0 saturated carbocycles. The summed E-state index contributed by atoms with van der Waals surface area (Å²) < 4.78 is 0. The Morgan fingerprint density at radius 2 is 1.91 bits per heavy atom. The van der Waals surface area contributed by atoms with Gasteiger partial charge < -0.3 is 4.90 Å². The Labute approximate surface area is 69.4 Å². The summed E-state index contributed by atoms with van der Waals surface area (Å²) in [4.78, 5) is 2.13. The SMILES string of the molecule is Bc1ccc(N(C)C)c(C)c1. The largest absolute Gasteiger partial charge is 0.377 e. The molecule has 0 bridgehead atoms. The number of benzene rings is 1. The van der Waals surface area contributed by atoms with E-state index < -0.39 is 0 Å². The standard InChI is InChI=1S/C9H14BN/c1-7-6-8(10)4-5-9(7)11(2)3/h4-6H,10H2,1-3H3. The summed E-state index contributed by atoms with van der Waals surface area (Å²) in [6.07, 6.45) is 0. The molecule has 0 aliphatic rings. The van der Waals surface area contributed by atoms with Crippen molar-refractivity contribution in [3.05, 3.63) is 23.8 Å². The van der Waals surface area contributed by atoms with Gasteiger partial charge >= 0.3 is 0 Å². The van der Waals surface area contributed by atoms with E-state index in [-0.39, 0.29) is 0 Å². The van der Waals surface area contributed by atoms with Crippen molar-refractivity contribution in [3.8, 4) is 0 Å². The molecule has 1 aromatic rings. The molecule has 11 heavy (non-hydrogen) atoms. The van der Waals surface area contributed by atoms with Gasteiger partial charge in [0.15, 0.2) is 0 Å². The first-order valence-electron chi connectivity index (χ1n) is 3.86. The van der Waals surface area contributed by atoms with Crippen molar-refractivity contribution in [2.75, 3.05) is 19.0 Å². The first-order chi connectivity index (χ1) is 5.11. The minimum Gasteiger partial charge on any atom is -0.377 e. The Bertz CT molecular complexity index is 256. The van der Waals surface area contributed by atoms with E-state index in [0.29, 0.717) is 0 Å². The van der Waals surface area contributed by atoms with Crippen molar-refractivity contribution in [1.82, 2.24) is 0 Å². The molecule has 58 valence electrons. The smallest absolute Gasteiger partial charge is 0.139 e. The molecule has 0 radical (unpaired) electrons. The van der Waals surface area contributed by atoms with Gasteiger partial charge in [0.2, 0.25) is 0 Å². The van der Waals surface area contributed by atoms with Gasteiger partial charge in [-0.15, -0.1) is 0 Å². The Hall–Kier alpha value is -0.915. The minimum atomic E-state index is 1.30. The zero-order valence-electron chi connectivity index (χ0n) is 7.68. The number of hydrogen-bond donors (Lipinski definition) is 0. The van der Waals surface area contributed by atoms with Gasteiger partial charge in [0.05, 0.1) is 0 Å². The molecule has 0 atom stereocenters. The van der Waals surface area contributed by atoms with E-state index in [4.69, 9.17) is 0 Å². The van der Waals surface area contributed by atoms with Crippen LogP contribution in [-0.2, 0) is 0 Å².